The van der Waals surface area contributed by atoms with Gasteiger partial charge in [0.25, 0.3) is 0 Å². The Kier molecular flexibility index (Phi) is 2.28. The van der Waals surface area contributed by atoms with Crippen LogP contribution in [0.15, 0.2) is 30.3 Å². The molecular weight excluding hydrogens is 230 g/mol. The first-order valence-electron chi connectivity index (χ1n) is 5.78. The lowest BCUT2D eigenvalue weighted by Gasteiger charge is -2.22. The molecule has 0 fully saturated rings. The summed E-state index contributed by atoms with van der Waals surface area (Å²) in [5.74, 6) is 0. The Labute approximate surface area is 105 Å². The molecule has 88 valence electrons. The molecule has 0 spiro atoms. The van der Waals surface area contributed by atoms with Gasteiger partial charge in [-0.2, -0.15) is 0 Å². The number of hydrogen-bond acceptors (Lipinski definition) is 3. The monoisotopic (exact) mass is 245 g/mol. The molecule has 0 bridgehead atoms. The average Bonchev–Trinajstić information content (AvgIpc) is 2.85. The molecule has 2 nitrogen and oxygen atoms in total. The summed E-state index contributed by atoms with van der Waals surface area (Å²) in [6.45, 7) is 2.07. The number of nitrogens with two attached hydrogens (primary N) is 1. The van der Waals surface area contributed by atoms with Crippen molar-refractivity contribution < 1.29 is 5.11 Å². The van der Waals surface area contributed by atoms with E-state index in [1.807, 2.05) is 24.3 Å². The van der Waals surface area contributed by atoms with Crippen molar-refractivity contribution in [3.05, 3.63) is 51.2 Å². The van der Waals surface area contributed by atoms with Crippen LogP contribution in [0.2, 0.25) is 0 Å². The van der Waals surface area contributed by atoms with E-state index in [-0.39, 0.29) is 0 Å². The number of thiophene rings is 1. The van der Waals surface area contributed by atoms with Gasteiger partial charge in [0.2, 0.25) is 0 Å². The second-order valence-corrected chi connectivity index (χ2v) is 5.98. The van der Waals surface area contributed by atoms with Gasteiger partial charge in [-0.1, -0.05) is 6.07 Å². The van der Waals surface area contributed by atoms with Crippen molar-refractivity contribution >= 4 is 17.0 Å². The van der Waals surface area contributed by atoms with Gasteiger partial charge in [0.15, 0.2) is 0 Å². The third-order valence-corrected chi connectivity index (χ3v) is 4.63. The molecule has 3 heteroatoms. The van der Waals surface area contributed by atoms with E-state index in [9.17, 15) is 5.11 Å². The summed E-state index contributed by atoms with van der Waals surface area (Å²) in [7, 11) is 0. The molecule has 1 aromatic heterocycles. The Bertz CT molecular complexity index is 575. The average molecular weight is 245 g/mol. The molecule has 0 amide bonds. The van der Waals surface area contributed by atoms with Gasteiger partial charge in [0, 0.05) is 15.4 Å². The minimum absolute atomic E-state index is 0.756. The number of nitrogen functional groups attached to an aromatic ring is 1. The van der Waals surface area contributed by atoms with E-state index in [4.69, 9.17) is 5.73 Å². The molecule has 3 rings (SSSR count). The van der Waals surface area contributed by atoms with Crippen LogP contribution in [0.25, 0.3) is 0 Å². The van der Waals surface area contributed by atoms with Crippen molar-refractivity contribution in [1.82, 2.24) is 0 Å². The van der Waals surface area contributed by atoms with Crippen LogP contribution in [0.5, 0.6) is 0 Å². The molecule has 3 N–H and O–H groups in total. The predicted molar refractivity (Wildman–Crippen MR) is 71.2 cm³/mol. The summed E-state index contributed by atoms with van der Waals surface area (Å²) >= 11 is 1.67. The molecule has 1 atom stereocenters. The highest BCUT2D eigenvalue weighted by Gasteiger charge is 2.39. The highest BCUT2D eigenvalue weighted by Crippen LogP contribution is 2.44. The normalized spacial score (nSPS) is 22.7. The van der Waals surface area contributed by atoms with E-state index in [1.165, 1.54) is 10.4 Å². The summed E-state index contributed by atoms with van der Waals surface area (Å²) < 4.78 is 0. The van der Waals surface area contributed by atoms with Gasteiger partial charge in [0.1, 0.15) is 5.60 Å². The van der Waals surface area contributed by atoms with Gasteiger partial charge < -0.3 is 10.8 Å². The van der Waals surface area contributed by atoms with Crippen LogP contribution in [-0.2, 0) is 12.0 Å². The minimum atomic E-state index is -0.804. The molecule has 17 heavy (non-hydrogen) atoms. The Morgan fingerprint density at radius 1 is 1.29 bits per heavy atom. The van der Waals surface area contributed by atoms with Gasteiger partial charge in [-0.05, 0) is 55.2 Å². The predicted octanol–water partition coefficient (Wildman–Crippen LogP) is 2.82. The fraction of sp³-hybridized carbons (Fsp3) is 0.286. The fourth-order valence-electron chi connectivity index (χ4n) is 2.59. The van der Waals surface area contributed by atoms with Crippen molar-refractivity contribution in [3.8, 4) is 0 Å². The van der Waals surface area contributed by atoms with Gasteiger partial charge in [0.05, 0.1) is 0 Å². The largest absolute Gasteiger partial charge is 0.399 e. The topological polar surface area (TPSA) is 46.2 Å². The standard InChI is InChI=1S/C14H15NOS/c1-9-2-5-13(17-9)14(16)7-6-10-8-11(15)3-4-12(10)14/h2-5,8,16H,6-7,15H2,1H3. The lowest BCUT2D eigenvalue weighted by Crippen LogP contribution is -2.22. The summed E-state index contributed by atoms with van der Waals surface area (Å²) in [5, 5.41) is 10.9. The summed E-state index contributed by atoms with van der Waals surface area (Å²) in [6, 6.07) is 9.91. The van der Waals surface area contributed by atoms with Crippen molar-refractivity contribution in [2.45, 2.75) is 25.4 Å². The number of hydrogen-bond donors (Lipinski definition) is 2. The number of aryl methyl sites for hydroxylation is 2. The zero-order valence-corrected chi connectivity index (χ0v) is 10.6. The molecule has 0 aliphatic heterocycles. The van der Waals surface area contributed by atoms with Crippen LogP contribution in [0.1, 0.15) is 27.3 Å². The van der Waals surface area contributed by atoms with Gasteiger partial charge in [-0.3, -0.25) is 0 Å². The van der Waals surface area contributed by atoms with E-state index in [0.29, 0.717) is 0 Å². The van der Waals surface area contributed by atoms with Crippen LogP contribution in [-0.4, -0.2) is 5.11 Å². The molecule has 1 aromatic carbocycles. The summed E-state index contributed by atoms with van der Waals surface area (Å²) in [6.07, 6.45) is 1.65. The summed E-state index contributed by atoms with van der Waals surface area (Å²) in [4.78, 5) is 2.27. The highest BCUT2D eigenvalue weighted by molar-refractivity contribution is 7.12. The van der Waals surface area contributed by atoms with Crippen LogP contribution in [0.3, 0.4) is 0 Å². The van der Waals surface area contributed by atoms with Crippen molar-refractivity contribution in [2.75, 3.05) is 5.73 Å². The van der Waals surface area contributed by atoms with Crippen LogP contribution >= 0.6 is 11.3 Å². The van der Waals surface area contributed by atoms with E-state index in [1.54, 1.807) is 11.3 Å². The fourth-order valence-corrected chi connectivity index (χ4v) is 3.59. The third-order valence-electron chi connectivity index (χ3n) is 3.48. The first-order valence-corrected chi connectivity index (χ1v) is 6.59. The molecule has 0 radical (unpaired) electrons. The van der Waals surface area contributed by atoms with Crippen LogP contribution in [0.4, 0.5) is 5.69 Å². The zero-order valence-electron chi connectivity index (χ0n) is 9.73. The number of aliphatic hydroxyl groups is 1. The lowest BCUT2D eigenvalue weighted by atomic mass is 9.94. The van der Waals surface area contributed by atoms with Crippen molar-refractivity contribution in [3.63, 3.8) is 0 Å². The van der Waals surface area contributed by atoms with E-state index in [2.05, 4.69) is 13.0 Å². The quantitative estimate of drug-likeness (QED) is 0.759. The number of rotatable bonds is 1. The second-order valence-electron chi connectivity index (χ2n) is 4.69. The number of anilines is 1. The van der Waals surface area contributed by atoms with Gasteiger partial charge >= 0.3 is 0 Å². The maximum Gasteiger partial charge on any atom is 0.124 e. The van der Waals surface area contributed by atoms with Crippen molar-refractivity contribution in [1.29, 1.82) is 0 Å². The van der Waals surface area contributed by atoms with Crippen molar-refractivity contribution in [2.24, 2.45) is 0 Å². The van der Waals surface area contributed by atoms with Gasteiger partial charge in [-0.25, -0.2) is 0 Å². The maximum absolute atomic E-state index is 10.9. The smallest absolute Gasteiger partial charge is 0.124 e. The molecule has 1 aliphatic rings. The first kappa shape index (κ1) is 10.8. The lowest BCUT2D eigenvalue weighted by molar-refractivity contribution is 0.0868. The molecular formula is C14H15NOS. The maximum atomic E-state index is 10.9. The molecule has 1 unspecified atom stereocenters. The Hall–Kier alpha value is -1.32. The Balaban J connectivity index is 2.13. The molecule has 0 saturated heterocycles. The zero-order chi connectivity index (χ0) is 12.0. The molecule has 0 saturated carbocycles. The Morgan fingerprint density at radius 2 is 2.12 bits per heavy atom. The SMILES string of the molecule is Cc1ccc(C2(O)CCc3cc(N)ccc32)s1. The minimum Gasteiger partial charge on any atom is -0.399 e. The molecule has 2 aromatic rings. The van der Waals surface area contributed by atoms with E-state index < -0.39 is 5.60 Å². The highest BCUT2D eigenvalue weighted by atomic mass is 32.1. The number of fused-ring (bicyclic) bond motifs is 1. The molecule has 1 aliphatic carbocycles. The van der Waals surface area contributed by atoms with Crippen LogP contribution in [0, 0.1) is 6.92 Å². The van der Waals surface area contributed by atoms with E-state index >= 15 is 0 Å². The van der Waals surface area contributed by atoms with Gasteiger partial charge in [-0.15, -0.1) is 11.3 Å². The van der Waals surface area contributed by atoms with Crippen LogP contribution < -0.4 is 5.73 Å². The first-order chi connectivity index (χ1) is 8.09. The molecule has 1 heterocycles. The number of benzene rings is 1. The summed E-state index contributed by atoms with van der Waals surface area (Å²) in [5.41, 5.74) is 7.95. The third kappa shape index (κ3) is 1.58. The second kappa shape index (κ2) is 3.59. The Morgan fingerprint density at radius 3 is 2.82 bits per heavy atom. The van der Waals surface area contributed by atoms with E-state index in [0.717, 1.165) is 29.0 Å².